The van der Waals surface area contributed by atoms with Gasteiger partial charge in [0.2, 0.25) is 5.91 Å². The fraction of sp³-hybridized carbons (Fsp3) is 0.900. The predicted octanol–water partition coefficient (Wildman–Crippen LogP) is -0.336. The molecule has 1 aliphatic rings. The number of carbonyl (C=O) groups excluding carboxylic acids is 1. The standard InChI is InChI=1S/C10H21N3O/c1-13(2)10(14)8-12-7-9-3-5-11-6-4-9/h9,11-12H,3-8H2,1-2H3. The van der Waals surface area contributed by atoms with E-state index in [9.17, 15) is 4.79 Å². The summed E-state index contributed by atoms with van der Waals surface area (Å²) in [5.41, 5.74) is 0. The van der Waals surface area contributed by atoms with Crippen LogP contribution in [0.2, 0.25) is 0 Å². The van der Waals surface area contributed by atoms with Crippen molar-refractivity contribution < 1.29 is 4.79 Å². The molecule has 1 rings (SSSR count). The Morgan fingerprint density at radius 2 is 2.07 bits per heavy atom. The Balaban J connectivity index is 2.05. The van der Waals surface area contributed by atoms with Gasteiger partial charge < -0.3 is 15.5 Å². The van der Waals surface area contributed by atoms with Crippen molar-refractivity contribution in [3.8, 4) is 0 Å². The minimum atomic E-state index is 0.152. The van der Waals surface area contributed by atoms with E-state index in [1.807, 2.05) is 0 Å². The Morgan fingerprint density at radius 3 is 2.64 bits per heavy atom. The Morgan fingerprint density at radius 1 is 1.43 bits per heavy atom. The lowest BCUT2D eigenvalue weighted by Crippen LogP contribution is -2.38. The number of nitrogens with zero attached hydrogens (tertiary/aromatic N) is 1. The normalized spacial score (nSPS) is 18.1. The minimum absolute atomic E-state index is 0.152. The van der Waals surface area contributed by atoms with Crippen LogP contribution in [0.3, 0.4) is 0 Å². The number of hydrogen-bond donors (Lipinski definition) is 2. The topological polar surface area (TPSA) is 44.4 Å². The van der Waals surface area contributed by atoms with Crippen molar-refractivity contribution in [2.45, 2.75) is 12.8 Å². The van der Waals surface area contributed by atoms with Gasteiger partial charge in [-0.25, -0.2) is 0 Å². The highest BCUT2D eigenvalue weighted by Crippen LogP contribution is 2.09. The Labute approximate surface area is 86.0 Å². The van der Waals surface area contributed by atoms with Crippen LogP contribution >= 0.6 is 0 Å². The van der Waals surface area contributed by atoms with E-state index in [1.165, 1.54) is 12.8 Å². The fourth-order valence-electron chi connectivity index (χ4n) is 1.63. The van der Waals surface area contributed by atoms with E-state index in [2.05, 4.69) is 10.6 Å². The largest absolute Gasteiger partial charge is 0.348 e. The fourth-order valence-corrected chi connectivity index (χ4v) is 1.63. The van der Waals surface area contributed by atoms with Crippen LogP contribution in [0.15, 0.2) is 0 Å². The molecule has 0 unspecified atom stereocenters. The third-order valence-electron chi connectivity index (χ3n) is 2.67. The number of piperidine rings is 1. The van der Waals surface area contributed by atoms with Crippen molar-refractivity contribution in [2.24, 2.45) is 5.92 Å². The van der Waals surface area contributed by atoms with Crippen LogP contribution in [0.4, 0.5) is 0 Å². The average Bonchev–Trinajstić information content (AvgIpc) is 2.19. The highest BCUT2D eigenvalue weighted by Gasteiger charge is 2.12. The summed E-state index contributed by atoms with van der Waals surface area (Å²) in [6.07, 6.45) is 2.45. The van der Waals surface area contributed by atoms with Crippen molar-refractivity contribution in [3.05, 3.63) is 0 Å². The second kappa shape index (κ2) is 5.98. The van der Waals surface area contributed by atoms with Gasteiger partial charge in [0.1, 0.15) is 0 Å². The maximum atomic E-state index is 11.2. The SMILES string of the molecule is CN(C)C(=O)CNCC1CCNCC1. The zero-order valence-electron chi connectivity index (χ0n) is 9.18. The smallest absolute Gasteiger partial charge is 0.236 e. The molecule has 0 atom stereocenters. The first-order chi connectivity index (χ1) is 6.70. The molecule has 1 fully saturated rings. The van der Waals surface area contributed by atoms with Crippen molar-refractivity contribution >= 4 is 5.91 Å². The van der Waals surface area contributed by atoms with Gasteiger partial charge in [0, 0.05) is 14.1 Å². The van der Waals surface area contributed by atoms with E-state index >= 15 is 0 Å². The van der Waals surface area contributed by atoms with E-state index in [0.29, 0.717) is 6.54 Å². The second-order valence-corrected chi connectivity index (χ2v) is 4.11. The molecule has 0 aromatic rings. The lowest BCUT2D eigenvalue weighted by molar-refractivity contribution is -0.127. The molecule has 0 aromatic carbocycles. The van der Waals surface area contributed by atoms with Gasteiger partial charge in [-0.3, -0.25) is 4.79 Å². The number of rotatable bonds is 4. The van der Waals surface area contributed by atoms with Crippen molar-refractivity contribution in [2.75, 3.05) is 40.3 Å². The molecular weight excluding hydrogens is 178 g/mol. The van der Waals surface area contributed by atoms with Crippen LogP contribution in [-0.4, -0.2) is 51.1 Å². The third-order valence-corrected chi connectivity index (χ3v) is 2.67. The summed E-state index contributed by atoms with van der Waals surface area (Å²) in [6.45, 7) is 3.68. The molecule has 1 heterocycles. The van der Waals surface area contributed by atoms with Gasteiger partial charge in [-0.1, -0.05) is 0 Å². The molecule has 1 aliphatic heterocycles. The van der Waals surface area contributed by atoms with Crippen molar-refractivity contribution in [1.29, 1.82) is 0 Å². The molecule has 0 aromatic heterocycles. The van der Waals surface area contributed by atoms with Crippen molar-refractivity contribution in [1.82, 2.24) is 15.5 Å². The van der Waals surface area contributed by atoms with Gasteiger partial charge >= 0.3 is 0 Å². The van der Waals surface area contributed by atoms with Crippen molar-refractivity contribution in [3.63, 3.8) is 0 Å². The van der Waals surface area contributed by atoms with E-state index in [1.54, 1.807) is 19.0 Å². The van der Waals surface area contributed by atoms with Gasteiger partial charge in [-0.05, 0) is 38.4 Å². The summed E-state index contributed by atoms with van der Waals surface area (Å²) in [5.74, 6) is 0.894. The third kappa shape index (κ3) is 4.07. The average molecular weight is 199 g/mol. The Kier molecular flexibility index (Phi) is 4.90. The first-order valence-electron chi connectivity index (χ1n) is 5.31. The molecular formula is C10H21N3O. The molecule has 4 heteroatoms. The number of carbonyl (C=O) groups is 1. The maximum absolute atomic E-state index is 11.2. The van der Waals surface area contributed by atoms with E-state index < -0.39 is 0 Å². The summed E-state index contributed by atoms with van der Waals surface area (Å²) < 4.78 is 0. The monoisotopic (exact) mass is 199 g/mol. The Bertz CT molecular complexity index is 176. The Hall–Kier alpha value is -0.610. The zero-order valence-corrected chi connectivity index (χ0v) is 9.18. The minimum Gasteiger partial charge on any atom is -0.348 e. The summed E-state index contributed by atoms with van der Waals surface area (Å²) in [4.78, 5) is 12.9. The van der Waals surface area contributed by atoms with Crippen LogP contribution < -0.4 is 10.6 Å². The summed E-state index contributed by atoms with van der Waals surface area (Å²) in [6, 6.07) is 0. The van der Waals surface area contributed by atoms with Gasteiger partial charge in [-0.15, -0.1) is 0 Å². The van der Waals surface area contributed by atoms with Crippen LogP contribution in [-0.2, 0) is 4.79 Å². The number of amides is 1. The predicted molar refractivity (Wildman–Crippen MR) is 57.2 cm³/mol. The summed E-state index contributed by atoms with van der Waals surface area (Å²) in [5, 5.41) is 6.55. The van der Waals surface area contributed by atoms with E-state index in [-0.39, 0.29) is 5.91 Å². The molecule has 0 spiro atoms. The van der Waals surface area contributed by atoms with Gasteiger partial charge in [0.05, 0.1) is 6.54 Å². The van der Waals surface area contributed by atoms with Crippen LogP contribution in [0.5, 0.6) is 0 Å². The molecule has 4 nitrogen and oxygen atoms in total. The van der Waals surface area contributed by atoms with Gasteiger partial charge in [0.25, 0.3) is 0 Å². The quantitative estimate of drug-likeness (QED) is 0.651. The number of likely N-dealkylation sites (N-methyl/N-ethyl adjacent to an activating group) is 1. The lowest BCUT2D eigenvalue weighted by atomic mass is 9.98. The van der Waals surface area contributed by atoms with Crippen LogP contribution in [0.25, 0.3) is 0 Å². The highest BCUT2D eigenvalue weighted by atomic mass is 16.2. The molecule has 0 radical (unpaired) electrons. The molecule has 82 valence electrons. The van der Waals surface area contributed by atoms with Gasteiger partial charge in [0.15, 0.2) is 0 Å². The second-order valence-electron chi connectivity index (χ2n) is 4.11. The number of nitrogens with one attached hydrogen (secondary N) is 2. The zero-order chi connectivity index (χ0) is 10.4. The number of hydrogen-bond acceptors (Lipinski definition) is 3. The summed E-state index contributed by atoms with van der Waals surface area (Å²) in [7, 11) is 3.57. The van der Waals surface area contributed by atoms with Crippen LogP contribution in [0, 0.1) is 5.92 Å². The molecule has 14 heavy (non-hydrogen) atoms. The van der Waals surface area contributed by atoms with Gasteiger partial charge in [-0.2, -0.15) is 0 Å². The van der Waals surface area contributed by atoms with Crippen LogP contribution in [0.1, 0.15) is 12.8 Å². The molecule has 0 aliphatic carbocycles. The molecule has 0 bridgehead atoms. The first kappa shape index (κ1) is 11.5. The molecule has 2 N–H and O–H groups in total. The molecule has 0 saturated carbocycles. The molecule has 1 saturated heterocycles. The maximum Gasteiger partial charge on any atom is 0.236 e. The van der Waals surface area contributed by atoms with E-state index in [4.69, 9.17) is 0 Å². The first-order valence-corrected chi connectivity index (χ1v) is 5.31. The lowest BCUT2D eigenvalue weighted by Gasteiger charge is -2.23. The molecule has 1 amide bonds. The highest BCUT2D eigenvalue weighted by molar-refractivity contribution is 5.77. The summed E-state index contributed by atoms with van der Waals surface area (Å²) >= 11 is 0. The van der Waals surface area contributed by atoms with E-state index in [0.717, 1.165) is 25.6 Å².